The van der Waals surface area contributed by atoms with Gasteiger partial charge < -0.3 is 24.4 Å². The van der Waals surface area contributed by atoms with Crippen molar-refractivity contribution < 1.29 is 19.1 Å². The van der Waals surface area contributed by atoms with E-state index in [0.29, 0.717) is 24.0 Å². The molecule has 25 heavy (non-hydrogen) atoms. The van der Waals surface area contributed by atoms with Crippen LogP contribution >= 0.6 is 12.2 Å². The van der Waals surface area contributed by atoms with Crippen LogP contribution in [-0.2, 0) is 4.74 Å². The van der Waals surface area contributed by atoms with E-state index in [2.05, 4.69) is 15.8 Å². The van der Waals surface area contributed by atoms with E-state index in [1.54, 1.807) is 13.2 Å². The molecule has 0 aliphatic rings. The summed E-state index contributed by atoms with van der Waals surface area (Å²) in [4.78, 5) is 10.7. The van der Waals surface area contributed by atoms with Crippen LogP contribution in [0.2, 0.25) is 0 Å². The summed E-state index contributed by atoms with van der Waals surface area (Å²) in [5.74, 6) is -1.08. The van der Waals surface area contributed by atoms with Gasteiger partial charge in [-0.25, -0.2) is 0 Å². The molecule has 2 rings (SSSR count). The summed E-state index contributed by atoms with van der Waals surface area (Å²) in [6, 6.07) is 10.3. The molecule has 7 nitrogen and oxygen atoms in total. The highest BCUT2D eigenvalue weighted by Crippen LogP contribution is 2.22. The lowest BCUT2D eigenvalue weighted by molar-refractivity contribution is -0.257. The fourth-order valence-electron chi connectivity index (χ4n) is 1.98. The van der Waals surface area contributed by atoms with E-state index >= 15 is 0 Å². The lowest BCUT2D eigenvalue weighted by Gasteiger charge is -2.07. The van der Waals surface area contributed by atoms with Crippen molar-refractivity contribution in [3.05, 3.63) is 47.7 Å². The Hall–Kier alpha value is -2.71. The average Bonchev–Trinajstić information content (AvgIpc) is 3.10. The minimum Gasteiger partial charge on any atom is -0.542 e. The van der Waals surface area contributed by atoms with Crippen molar-refractivity contribution in [2.24, 2.45) is 5.10 Å². The first kappa shape index (κ1) is 18.6. The zero-order valence-corrected chi connectivity index (χ0v) is 14.7. The topological polar surface area (TPSA) is 98.9 Å². The van der Waals surface area contributed by atoms with Gasteiger partial charge in [0.1, 0.15) is 17.5 Å². The van der Waals surface area contributed by atoms with Crippen molar-refractivity contribution in [2.45, 2.75) is 6.92 Å². The van der Waals surface area contributed by atoms with Crippen LogP contribution in [0, 0.1) is 0 Å². The third kappa shape index (κ3) is 5.40. The molecule has 0 fully saturated rings. The summed E-state index contributed by atoms with van der Waals surface area (Å²) < 4.78 is 10.1. The van der Waals surface area contributed by atoms with E-state index < -0.39 is 5.97 Å². The third-order valence-corrected chi connectivity index (χ3v) is 3.55. The van der Waals surface area contributed by atoms with Crippen LogP contribution in [0.1, 0.15) is 23.0 Å². The summed E-state index contributed by atoms with van der Waals surface area (Å²) in [5, 5.41) is 18.3. The van der Waals surface area contributed by atoms with Gasteiger partial charge >= 0.3 is 0 Å². The number of carbonyl (C=O) groups is 1. The number of hydrazone groups is 1. The average molecular weight is 360 g/mol. The Bertz CT molecular complexity index is 768. The van der Waals surface area contributed by atoms with Gasteiger partial charge in [0.2, 0.25) is 0 Å². The Morgan fingerprint density at radius 3 is 2.60 bits per heavy atom. The van der Waals surface area contributed by atoms with Gasteiger partial charge in [0.25, 0.3) is 0 Å². The van der Waals surface area contributed by atoms with Gasteiger partial charge in [0.05, 0.1) is 12.3 Å². The normalized spacial score (nSPS) is 11.2. The maximum atomic E-state index is 10.7. The van der Waals surface area contributed by atoms with Crippen LogP contribution in [-0.4, -0.2) is 37.1 Å². The molecule has 0 bridgehead atoms. The number of benzene rings is 1. The van der Waals surface area contributed by atoms with Gasteiger partial charge in [-0.3, -0.25) is 5.43 Å². The second-order valence-corrected chi connectivity index (χ2v) is 5.49. The first-order valence-corrected chi connectivity index (χ1v) is 7.91. The van der Waals surface area contributed by atoms with Crippen LogP contribution in [0.5, 0.6) is 0 Å². The molecule has 1 aromatic carbocycles. The molecule has 0 radical (unpaired) electrons. The fraction of sp³-hybridized carbons (Fsp3) is 0.235. The van der Waals surface area contributed by atoms with Gasteiger partial charge in [0, 0.05) is 19.2 Å². The summed E-state index contributed by atoms with van der Waals surface area (Å²) in [5.41, 5.74) is 5.16. The number of carboxylic acids is 1. The van der Waals surface area contributed by atoms with E-state index in [9.17, 15) is 9.90 Å². The fourth-order valence-corrected chi connectivity index (χ4v) is 2.13. The Kier molecular flexibility index (Phi) is 6.67. The second-order valence-electron chi connectivity index (χ2n) is 5.09. The number of thiocarbonyl (C=S) groups is 1. The quantitative estimate of drug-likeness (QED) is 0.331. The Labute approximate surface area is 150 Å². The first-order valence-electron chi connectivity index (χ1n) is 7.50. The van der Waals surface area contributed by atoms with Crippen LogP contribution in [0.25, 0.3) is 11.3 Å². The van der Waals surface area contributed by atoms with Gasteiger partial charge in [-0.2, -0.15) is 5.10 Å². The largest absolute Gasteiger partial charge is 0.542 e. The molecule has 0 saturated heterocycles. The summed E-state index contributed by atoms with van der Waals surface area (Å²) in [7, 11) is 1.62. The summed E-state index contributed by atoms with van der Waals surface area (Å²) in [6.45, 7) is 3.00. The van der Waals surface area contributed by atoms with Crippen LogP contribution in [0.4, 0.5) is 0 Å². The summed E-state index contributed by atoms with van der Waals surface area (Å²) >= 11 is 5.09. The van der Waals surface area contributed by atoms with Gasteiger partial charge in [-0.05, 0) is 36.8 Å². The van der Waals surface area contributed by atoms with E-state index in [1.807, 2.05) is 31.2 Å². The number of rotatable bonds is 7. The van der Waals surface area contributed by atoms with Crippen LogP contribution in [0.3, 0.4) is 0 Å². The predicted octanol–water partition coefficient (Wildman–Crippen LogP) is 1.14. The predicted molar refractivity (Wildman–Crippen MR) is 96.3 cm³/mol. The van der Waals surface area contributed by atoms with Gasteiger partial charge in [-0.15, -0.1) is 0 Å². The van der Waals surface area contributed by atoms with Crippen LogP contribution in [0.15, 0.2) is 45.9 Å². The number of ether oxygens (including phenoxy) is 1. The Balaban J connectivity index is 1.99. The molecular weight excluding hydrogens is 342 g/mol. The lowest BCUT2D eigenvalue weighted by Crippen LogP contribution is -2.34. The zero-order chi connectivity index (χ0) is 18.2. The van der Waals surface area contributed by atoms with Crippen LogP contribution < -0.4 is 15.8 Å². The molecule has 0 amide bonds. The highest BCUT2D eigenvalue weighted by atomic mass is 32.1. The molecule has 0 spiro atoms. The molecule has 2 N–H and O–H groups in total. The zero-order valence-electron chi connectivity index (χ0n) is 13.9. The number of nitrogens with one attached hydrogen (secondary N) is 2. The molecular formula is C17H18N3O4S-. The minimum absolute atomic E-state index is 0.199. The highest BCUT2D eigenvalue weighted by molar-refractivity contribution is 7.80. The van der Waals surface area contributed by atoms with Gasteiger partial charge in [0.15, 0.2) is 5.11 Å². The minimum atomic E-state index is -1.34. The number of carboxylic acid groups (broad SMARTS) is 1. The van der Waals surface area contributed by atoms with E-state index in [1.165, 1.54) is 6.07 Å². The Morgan fingerprint density at radius 2 is 2.00 bits per heavy atom. The standard InChI is InChI=1S/C17H19N3O4S/c1-11(19-20-17(25)18-9-10-23-2)12-3-5-13(6-4-12)14-7-8-15(24-14)16(21)22/h3-8H,9-10H2,1-2H3,(H,21,22)(H2,18,20,25)/p-1/b19-11-. The van der Waals surface area contributed by atoms with Crippen molar-refractivity contribution in [3.63, 3.8) is 0 Å². The second kappa shape index (κ2) is 8.95. The molecule has 0 saturated carbocycles. The number of hydrogen-bond acceptors (Lipinski definition) is 6. The number of furan rings is 1. The third-order valence-electron chi connectivity index (χ3n) is 3.31. The number of hydrogen-bond donors (Lipinski definition) is 2. The molecule has 132 valence electrons. The molecule has 0 atom stereocenters. The molecule has 2 aromatic rings. The monoisotopic (exact) mass is 360 g/mol. The molecule has 0 unspecified atom stereocenters. The van der Waals surface area contributed by atoms with Gasteiger partial charge in [-0.1, -0.05) is 24.3 Å². The highest BCUT2D eigenvalue weighted by Gasteiger charge is 2.06. The molecule has 8 heteroatoms. The Morgan fingerprint density at radius 1 is 1.28 bits per heavy atom. The van der Waals surface area contributed by atoms with E-state index in [-0.39, 0.29) is 5.76 Å². The number of aromatic carboxylic acids is 1. The van der Waals surface area contributed by atoms with Crippen molar-refractivity contribution in [1.29, 1.82) is 0 Å². The number of methoxy groups -OCH3 is 1. The van der Waals surface area contributed by atoms with Crippen molar-refractivity contribution in [2.75, 3.05) is 20.3 Å². The van der Waals surface area contributed by atoms with E-state index in [0.717, 1.165) is 16.8 Å². The molecule has 0 aliphatic heterocycles. The summed E-state index contributed by atoms with van der Waals surface area (Å²) in [6.07, 6.45) is 0. The maximum Gasteiger partial charge on any atom is 0.187 e. The van der Waals surface area contributed by atoms with Crippen molar-refractivity contribution in [3.8, 4) is 11.3 Å². The van der Waals surface area contributed by atoms with Crippen molar-refractivity contribution in [1.82, 2.24) is 10.7 Å². The van der Waals surface area contributed by atoms with Crippen molar-refractivity contribution >= 4 is 29.0 Å². The lowest BCUT2D eigenvalue weighted by atomic mass is 10.1. The smallest absolute Gasteiger partial charge is 0.187 e. The maximum absolute atomic E-state index is 10.7. The molecule has 1 aromatic heterocycles. The van der Waals surface area contributed by atoms with E-state index in [4.69, 9.17) is 21.4 Å². The molecule has 1 heterocycles. The molecule has 0 aliphatic carbocycles. The number of carbonyl (C=O) groups excluding carboxylic acids is 1. The number of nitrogens with zero attached hydrogens (tertiary/aromatic N) is 1. The SMILES string of the molecule is COCCNC(=S)N/N=C(/C)c1ccc(-c2ccc(C(=O)[O-])o2)cc1. The first-order chi connectivity index (χ1) is 12.0.